The number of hydrogen-bond donors (Lipinski definition) is 0. The molecule has 2 heterocycles. The Morgan fingerprint density at radius 1 is 1.26 bits per heavy atom. The van der Waals surface area contributed by atoms with Crippen LogP contribution in [0.5, 0.6) is 0 Å². The summed E-state index contributed by atoms with van der Waals surface area (Å²) in [7, 11) is 1.94. The zero-order chi connectivity index (χ0) is 16.6. The highest BCUT2D eigenvalue weighted by Crippen LogP contribution is 2.29. The predicted octanol–water partition coefficient (Wildman–Crippen LogP) is 3.17. The first-order chi connectivity index (χ1) is 11.0. The maximum absolute atomic E-state index is 12.1. The summed E-state index contributed by atoms with van der Waals surface area (Å²) in [6.45, 7) is 1.40. The number of pyridine rings is 1. The summed E-state index contributed by atoms with van der Waals surface area (Å²) in [6.07, 6.45) is 3.25. The van der Waals surface area contributed by atoms with Crippen LogP contribution < -0.4 is 4.90 Å². The molecule has 1 amide bonds. The Labute approximate surface area is 131 Å². The number of carbonyl (C=O) groups is 1. The molecule has 2 aromatic heterocycles. The molecule has 0 unspecified atom stereocenters. The number of carbonyl (C=O) groups excluding carboxylic acids is 1. The average Bonchev–Trinajstić information content (AvgIpc) is 2.88. The number of aromatic nitrogens is 2. The van der Waals surface area contributed by atoms with Gasteiger partial charge < -0.3 is 4.57 Å². The van der Waals surface area contributed by atoms with Crippen LogP contribution in [0.4, 0.5) is 17.2 Å². The van der Waals surface area contributed by atoms with Gasteiger partial charge in [0.1, 0.15) is 5.82 Å². The first-order valence-electron chi connectivity index (χ1n) is 6.93. The second-order valence-electron chi connectivity index (χ2n) is 5.15. The van der Waals surface area contributed by atoms with E-state index >= 15 is 0 Å². The summed E-state index contributed by atoms with van der Waals surface area (Å²) in [5.41, 5.74) is 1.54. The summed E-state index contributed by atoms with van der Waals surface area (Å²) in [4.78, 5) is 28.0. The highest BCUT2D eigenvalue weighted by atomic mass is 16.6. The Balaban J connectivity index is 2.12. The van der Waals surface area contributed by atoms with Gasteiger partial charge in [-0.05, 0) is 24.3 Å². The quantitative estimate of drug-likeness (QED) is 0.549. The molecule has 0 N–H and O–H groups in total. The van der Waals surface area contributed by atoms with E-state index in [0.29, 0.717) is 5.69 Å². The molecule has 3 aromatic rings. The van der Waals surface area contributed by atoms with E-state index in [0.717, 1.165) is 10.9 Å². The van der Waals surface area contributed by atoms with Gasteiger partial charge in [-0.2, -0.15) is 0 Å². The first kappa shape index (κ1) is 14.7. The zero-order valence-corrected chi connectivity index (χ0v) is 12.6. The highest BCUT2D eigenvalue weighted by molar-refractivity contribution is 6.00. The van der Waals surface area contributed by atoms with Crippen LogP contribution in [0.25, 0.3) is 10.9 Å². The maximum Gasteiger partial charge on any atom is 0.274 e. The number of nitrogens with zero attached hydrogens (tertiary/aromatic N) is 4. The lowest BCUT2D eigenvalue weighted by molar-refractivity contribution is -0.384. The standard InChI is InChI=1S/C16H14N4O3/c1-11(21)19(16-10-14(20(22)23)5-7-17-16)13-3-4-15-12(9-13)6-8-18(15)2/h3-10H,1-2H3. The van der Waals surface area contributed by atoms with Gasteiger partial charge in [-0.25, -0.2) is 4.98 Å². The molecule has 0 spiro atoms. The average molecular weight is 310 g/mol. The van der Waals surface area contributed by atoms with Gasteiger partial charge in [-0.3, -0.25) is 19.8 Å². The number of hydrogen-bond acceptors (Lipinski definition) is 4. The van der Waals surface area contributed by atoms with Gasteiger partial charge >= 0.3 is 0 Å². The SMILES string of the molecule is CC(=O)N(c1ccc2c(ccn2C)c1)c1cc([N+](=O)[O-])ccn1. The van der Waals surface area contributed by atoms with Crippen LogP contribution in [0.2, 0.25) is 0 Å². The van der Waals surface area contributed by atoms with Crippen LogP contribution in [-0.4, -0.2) is 20.4 Å². The van der Waals surface area contributed by atoms with E-state index in [4.69, 9.17) is 0 Å². The molecule has 0 atom stereocenters. The zero-order valence-electron chi connectivity index (χ0n) is 12.6. The lowest BCUT2D eigenvalue weighted by Gasteiger charge is -2.20. The predicted molar refractivity (Wildman–Crippen MR) is 86.6 cm³/mol. The Morgan fingerprint density at radius 3 is 2.74 bits per heavy atom. The summed E-state index contributed by atoms with van der Waals surface area (Å²) in [6, 6.07) is 10.1. The van der Waals surface area contributed by atoms with Crippen molar-refractivity contribution in [2.75, 3.05) is 4.90 Å². The van der Waals surface area contributed by atoms with Gasteiger partial charge in [-0.1, -0.05) is 0 Å². The van der Waals surface area contributed by atoms with Crippen molar-refractivity contribution in [3.63, 3.8) is 0 Å². The number of anilines is 2. The van der Waals surface area contributed by atoms with Crippen LogP contribution in [-0.2, 0) is 11.8 Å². The van der Waals surface area contributed by atoms with E-state index in [9.17, 15) is 14.9 Å². The van der Waals surface area contributed by atoms with E-state index in [1.807, 2.05) is 36.0 Å². The Kier molecular flexibility index (Phi) is 3.53. The molecule has 0 aliphatic heterocycles. The van der Waals surface area contributed by atoms with Crippen LogP contribution in [0.15, 0.2) is 48.8 Å². The lowest BCUT2D eigenvalue weighted by atomic mass is 10.2. The third-order valence-corrected chi connectivity index (χ3v) is 3.61. The number of fused-ring (bicyclic) bond motifs is 1. The van der Waals surface area contributed by atoms with Gasteiger partial charge in [0.25, 0.3) is 5.69 Å². The van der Waals surface area contributed by atoms with Crippen molar-refractivity contribution < 1.29 is 9.72 Å². The van der Waals surface area contributed by atoms with E-state index in [1.165, 1.54) is 30.2 Å². The lowest BCUT2D eigenvalue weighted by Crippen LogP contribution is -2.23. The van der Waals surface area contributed by atoms with E-state index in [1.54, 1.807) is 6.07 Å². The molecule has 0 aliphatic carbocycles. The molecule has 23 heavy (non-hydrogen) atoms. The summed E-state index contributed by atoms with van der Waals surface area (Å²) in [5, 5.41) is 11.9. The van der Waals surface area contributed by atoms with Gasteiger partial charge in [0.15, 0.2) is 0 Å². The van der Waals surface area contributed by atoms with Crippen molar-refractivity contribution in [1.82, 2.24) is 9.55 Å². The normalized spacial score (nSPS) is 10.7. The second kappa shape index (κ2) is 5.53. The van der Waals surface area contributed by atoms with Crippen molar-refractivity contribution in [2.45, 2.75) is 6.92 Å². The number of nitro groups is 1. The summed E-state index contributed by atoms with van der Waals surface area (Å²) in [5.74, 6) is -0.0461. The van der Waals surface area contributed by atoms with Crippen molar-refractivity contribution >= 4 is 34.0 Å². The van der Waals surface area contributed by atoms with E-state index in [-0.39, 0.29) is 17.4 Å². The molecule has 0 saturated heterocycles. The van der Waals surface area contributed by atoms with Crippen LogP contribution in [0.3, 0.4) is 0 Å². The second-order valence-corrected chi connectivity index (χ2v) is 5.15. The molecule has 0 aliphatic rings. The van der Waals surface area contributed by atoms with Crippen LogP contribution >= 0.6 is 0 Å². The van der Waals surface area contributed by atoms with Crippen molar-refractivity contribution in [2.24, 2.45) is 7.05 Å². The van der Waals surface area contributed by atoms with Crippen molar-refractivity contribution in [3.05, 3.63) is 58.9 Å². The fourth-order valence-electron chi connectivity index (χ4n) is 2.53. The number of benzene rings is 1. The molecule has 0 radical (unpaired) electrons. The molecule has 7 heteroatoms. The third-order valence-electron chi connectivity index (χ3n) is 3.61. The molecular weight excluding hydrogens is 296 g/mol. The molecule has 0 fully saturated rings. The minimum Gasteiger partial charge on any atom is -0.351 e. The molecular formula is C16H14N4O3. The van der Waals surface area contributed by atoms with E-state index in [2.05, 4.69) is 4.98 Å². The molecule has 0 saturated carbocycles. The summed E-state index contributed by atoms with van der Waals surface area (Å²) >= 11 is 0. The molecule has 3 rings (SSSR count). The van der Waals surface area contributed by atoms with Crippen LogP contribution in [0.1, 0.15) is 6.92 Å². The van der Waals surface area contributed by atoms with Gasteiger partial charge in [-0.15, -0.1) is 0 Å². The number of aryl methyl sites for hydroxylation is 1. The first-order valence-corrected chi connectivity index (χ1v) is 6.93. The maximum atomic E-state index is 12.1. The number of amides is 1. The molecule has 1 aromatic carbocycles. The Morgan fingerprint density at radius 2 is 2.04 bits per heavy atom. The Hall–Kier alpha value is -3.22. The fourth-order valence-corrected chi connectivity index (χ4v) is 2.53. The smallest absolute Gasteiger partial charge is 0.274 e. The molecule has 116 valence electrons. The molecule has 7 nitrogen and oxygen atoms in total. The highest BCUT2D eigenvalue weighted by Gasteiger charge is 2.19. The minimum absolute atomic E-state index is 0.109. The van der Waals surface area contributed by atoms with Crippen molar-refractivity contribution in [3.8, 4) is 0 Å². The van der Waals surface area contributed by atoms with Gasteiger partial charge in [0.05, 0.1) is 16.7 Å². The molecule has 0 bridgehead atoms. The minimum atomic E-state index is -0.510. The fraction of sp³-hybridized carbons (Fsp3) is 0.125. The van der Waals surface area contributed by atoms with Crippen molar-refractivity contribution in [1.29, 1.82) is 0 Å². The summed E-state index contributed by atoms with van der Waals surface area (Å²) < 4.78 is 1.98. The topological polar surface area (TPSA) is 81.3 Å². The third kappa shape index (κ3) is 2.64. The van der Waals surface area contributed by atoms with E-state index < -0.39 is 4.92 Å². The van der Waals surface area contributed by atoms with Gasteiger partial charge in [0, 0.05) is 43.3 Å². The Bertz CT molecular complexity index is 917. The number of rotatable bonds is 3. The monoisotopic (exact) mass is 310 g/mol. The largest absolute Gasteiger partial charge is 0.351 e. The van der Waals surface area contributed by atoms with Gasteiger partial charge in [0.2, 0.25) is 5.91 Å². The van der Waals surface area contributed by atoms with Crippen LogP contribution in [0, 0.1) is 10.1 Å².